The molecule has 1 saturated heterocycles. The lowest BCUT2D eigenvalue weighted by Gasteiger charge is -2.20. The summed E-state index contributed by atoms with van der Waals surface area (Å²) in [4.78, 5) is 25.0. The second-order valence-corrected chi connectivity index (χ2v) is 5.19. The van der Waals surface area contributed by atoms with Gasteiger partial charge in [0.1, 0.15) is 11.8 Å². The van der Waals surface area contributed by atoms with Crippen LogP contribution in [0.5, 0.6) is 5.75 Å². The normalized spacial score (nSPS) is 18.8. The Balaban J connectivity index is 2.08. The predicted octanol–water partition coefficient (Wildman–Crippen LogP) is 1.82. The Kier molecular flexibility index (Phi) is 3.91. The van der Waals surface area contributed by atoms with E-state index in [1.54, 1.807) is 22.7 Å². The molecule has 0 radical (unpaired) electrons. The monoisotopic (exact) mass is 265 g/mol. The zero-order valence-corrected chi connectivity index (χ0v) is 11.2. The molecular formula is C13H15NO3S. The van der Waals surface area contributed by atoms with Crippen molar-refractivity contribution in [1.82, 2.24) is 4.90 Å². The van der Waals surface area contributed by atoms with Crippen LogP contribution in [0.25, 0.3) is 0 Å². The molecule has 96 valence electrons. The quantitative estimate of drug-likeness (QED) is 0.604. The molecule has 0 spiro atoms. The number of thioether (sulfide) groups is 1. The maximum atomic E-state index is 12.1. The number of amides is 1. The highest BCUT2D eigenvalue weighted by atomic mass is 32.2. The summed E-state index contributed by atoms with van der Waals surface area (Å²) in [6.45, 7) is 3.36. The van der Waals surface area contributed by atoms with Crippen LogP contribution in [-0.2, 0) is 9.59 Å². The first-order valence-electron chi connectivity index (χ1n) is 5.72. The molecule has 1 aromatic carbocycles. The van der Waals surface area contributed by atoms with Crippen LogP contribution in [0.15, 0.2) is 24.3 Å². The summed E-state index contributed by atoms with van der Waals surface area (Å²) in [6, 6.07) is 6.89. The summed E-state index contributed by atoms with van der Waals surface area (Å²) in [7, 11) is 0. The predicted molar refractivity (Wildman–Crippen MR) is 70.4 cm³/mol. The van der Waals surface area contributed by atoms with E-state index in [1.165, 1.54) is 6.92 Å². The fourth-order valence-corrected chi connectivity index (χ4v) is 3.00. The summed E-state index contributed by atoms with van der Waals surface area (Å²) in [5, 5.41) is 0. The van der Waals surface area contributed by atoms with Crippen LogP contribution in [0.3, 0.4) is 0 Å². The highest BCUT2D eigenvalue weighted by Crippen LogP contribution is 2.24. The molecule has 0 bridgehead atoms. The van der Waals surface area contributed by atoms with Gasteiger partial charge in [0, 0.05) is 12.7 Å². The molecule has 0 N–H and O–H groups in total. The van der Waals surface area contributed by atoms with Gasteiger partial charge < -0.3 is 9.64 Å². The first-order valence-corrected chi connectivity index (χ1v) is 6.87. The van der Waals surface area contributed by atoms with E-state index in [9.17, 15) is 9.59 Å². The van der Waals surface area contributed by atoms with Gasteiger partial charge in [0.25, 0.3) is 0 Å². The average molecular weight is 265 g/mol. The fraction of sp³-hybridized carbons (Fsp3) is 0.385. The van der Waals surface area contributed by atoms with E-state index < -0.39 is 6.04 Å². The molecule has 18 heavy (non-hydrogen) atoms. The third-order valence-corrected chi connectivity index (χ3v) is 3.88. The highest BCUT2D eigenvalue weighted by Gasteiger charge is 2.34. The molecule has 0 saturated carbocycles. The van der Waals surface area contributed by atoms with Crippen molar-refractivity contribution in [1.29, 1.82) is 0 Å². The number of rotatable bonds is 2. The number of carbonyl (C=O) groups is 2. The number of aryl methyl sites for hydroxylation is 1. The molecule has 1 aromatic rings. The lowest BCUT2D eigenvalue weighted by atomic mass is 10.2. The standard InChI is InChI=1S/C13H15NO3S/c1-9-5-3-4-6-12(9)17-13(16)11-7-18-8-14(11)10(2)15/h3-6,11H,7-8H2,1-2H3. The van der Waals surface area contributed by atoms with Crippen LogP contribution in [0.2, 0.25) is 0 Å². The van der Waals surface area contributed by atoms with Gasteiger partial charge in [-0.3, -0.25) is 4.79 Å². The SMILES string of the molecule is CC(=O)N1CSCC1C(=O)Oc1ccccc1C. The molecule has 1 atom stereocenters. The van der Waals surface area contributed by atoms with Crippen LogP contribution in [-0.4, -0.2) is 34.4 Å². The zero-order valence-electron chi connectivity index (χ0n) is 10.4. The number of nitrogens with zero attached hydrogens (tertiary/aromatic N) is 1. The van der Waals surface area contributed by atoms with E-state index in [-0.39, 0.29) is 11.9 Å². The van der Waals surface area contributed by atoms with Crippen molar-refractivity contribution in [2.24, 2.45) is 0 Å². The maximum Gasteiger partial charge on any atom is 0.335 e. The third kappa shape index (κ3) is 2.67. The Hall–Kier alpha value is -1.49. The van der Waals surface area contributed by atoms with Crippen molar-refractivity contribution < 1.29 is 14.3 Å². The lowest BCUT2D eigenvalue weighted by Crippen LogP contribution is -2.42. The van der Waals surface area contributed by atoms with Crippen molar-refractivity contribution in [3.05, 3.63) is 29.8 Å². The molecule has 0 aromatic heterocycles. The Morgan fingerprint density at radius 3 is 2.78 bits per heavy atom. The van der Waals surface area contributed by atoms with Gasteiger partial charge in [0.05, 0.1) is 5.88 Å². The van der Waals surface area contributed by atoms with Gasteiger partial charge >= 0.3 is 5.97 Å². The Bertz CT molecular complexity index is 475. The number of hydrogen-bond acceptors (Lipinski definition) is 4. The summed E-state index contributed by atoms with van der Waals surface area (Å²) >= 11 is 1.57. The molecule has 4 nitrogen and oxygen atoms in total. The van der Waals surface area contributed by atoms with E-state index in [2.05, 4.69) is 0 Å². The van der Waals surface area contributed by atoms with Gasteiger partial charge in [-0.15, -0.1) is 11.8 Å². The van der Waals surface area contributed by atoms with Crippen molar-refractivity contribution in [3.63, 3.8) is 0 Å². The molecule has 1 heterocycles. The largest absolute Gasteiger partial charge is 0.425 e. The minimum absolute atomic E-state index is 0.0910. The second kappa shape index (κ2) is 5.44. The molecule has 2 rings (SSSR count). The molecule has 5 heteroatoms. The number of carbonyl (C=O) groups excluding carboxylic acids is 2. The molecule has 1 amide bonds. The summed E-state index contributed by atoms with van der Waals surface area (Å²) in [5.74, 6) is 1.27. The Morgan fingerprint density at radius 1 is 1.39 bits per heavy atom. The van der Waals surface area contributed by atoms with E-state index in [4.69, 9.17) is 4.74 Å². The van der Waals surface area contributed by atoms with Crippen LogP contribution in [0, 0.1) is 6.92 Å². The van der Waals surface area contributed by atoms with Crippen molar-refractivity contribution in [2.75, 3.05) is 11.6 Å². The Labute approximate surface area is 110 Å². The topological polar surface area (TPSA) is 46.6 Å². The molecule has 1 aliphatic heterocycles. The van der Waals surface area contributed by atoms with Gasteiger partial charge in [0.15, 0.2) is 0 Å². The number of hydrogen-bond donors (Lipinski definition) is 0. The van der Waals surface area contributed by atoms with Crippen molar-refractivity contribution in [3.8, 4) is 5.75 Å². The molecule has 1 fully saturated rings. The van der Waals surface area contributed by atoms with E-state index >= 15 is 0 Å². The minimum Gasteiger partial charge on any atom is -0.425 e. The van der Waals surface area contributed by atoms with Gasteiger partial charge in [0.2, 0.25) is 5.91 Å². The minimum atomic E-state index is -0.466. The second-order valence-electron chi connectivity index (χ2n) is 4.19. The molecule has 1 unspecified atom stereocenters. The maximum absolute atomic E-state index is 12.1. The van der Waals surface area contributed by atoms with Gasteiger partial charge in [-0.2, -0.15) is 0 Å². The Morgan fingerprint density at radius 2 is 2.11 bits per heavy atom. The van der Waals surface area contributed by atoms with E-state index in [0.29, 0.717) is 17.4 Å². The van der Waals surface area contributed by atoms with Crippen LogP contribution in [0.4, 0.5) is 0 Å². The number of ether oxygens (including phenoxy) is 1. The average Bonchev–Trinajstić information content (AvgIpc) is 2.81. The van der Waals surface area contributed by atoms with E-state index in [1.807, 2.05) is 25.1 Å². The first-order chi connectivity index (χ1) is 8.59. The first kappa shape index (κ1) is 13.0. The van der Waals surface area contributed by atoms with E-state index in [0.717, 1.165) is 5.56 Å². The molecule has 0 aliphatic carbocycles. The van der Waals surface area contributed by atoms with Crippen molar-refractivity contribution in [2.45, 2.75) is 19.9 Å². The number of esters is 1. The smallest absolute Gasteiger partial charge is 0.335 e. The number of benzene rings is 1. The third-order valence-electron chi connectivity index (χ3n) is 2.86. The van der Waals surface area contributed by atoms with Crippen LogP contribution in [0.1, 0.15) is 12.5 Å². The fourth-order valence-electron chi connectivity index (χ4n) is 1.80. The number of para-hydroxylation sites is 1. The van der Waals surface area contributed by atoms with Crippen LogP contribution >= 0.6 is 11.8 Å². The van der Waals surface area contributed by atoms with Gasteiger partial charge in [-0.05, 0) is 18.6 Å². The van der Waals surface area contributed by atoms with Crippen LogP contribution < -0.4 is 4.74 Å². The summed E-state index contributed by atoms with van der Waals surface area (Å²) in [5.41, 5.74) is 0.908. The van der Waals surface area contributed by atoms with Gasteiger partial charge in [-0.25, -0.2) is 4.79 Å². The molecule has 1 aliphatic rings. The lowest BCUT2D eigenvalue weighted by molar-refractivity contribution is -0.144. The zero-order chi connectivity index (χ0) is 13.1. The summed E-state index contributed by atoms with van der Waals surface area (Å²) < 4.78 is 5.36. The molecular weight excluding hydrogens is 250 g/mol. The highest BCUT2D eigenvalue weighted by molar-refractivity contribution is 7.99. The van der Waals surface area contributed by atoms with Crippen molar-refractivity contribution >= 4 is 23.6 Å². The summed E-state index contributed by atoms with van der Waals surface area (Å²) in [6.07, 6.45) is 0. The van der Waals surface area contributed by atoms with Gasteiger partial charge in [-0.1, -0.05) is 18.2 Å².